The number of nitrogens with zero attached hydrogens (tertiary/aromatic N) is 2. The highest BCUT2D eigenvalue weighted by Crippen LogP contribution is 2.56. The third kappa shape index (κ3) is 10.9. The molecule has 1 aliphatic carbocycles. The molecule has 14 rings (SSSR count). The highest BCUT2D eigenvalue weighted by Gasteiger charge is 2.44. The quantitative estimate of drug-likeness (QED) is 0.0667. The van der Waals surface area contributed by atoms with Crippen LogP contribution in [0, 0.1) is 0 Å². The van der Waals surface area contributed by atoms with Crippen molar-refractivity contribution in [3.05, 3.63) is 332 Å². The smallest absolute Gasteiger partial charge is 0.119 e. The van der Waals surface area contributed by atoms with Crippen molar-refractivity contribution in [2.24, 2.45) is 0 Å². The highest BCUT2D eigenvalue weighted by atomic mass is 16.5. The van der Waals surface area contributed by atoms with Crippen molar-refractivity contribution in [1.82, 2.24) is 4.57 Å². The second kappa shape index (κ2) is 24.9. The topological polar surface area (TPSA) is 17.4 Å². The number of fused-ring (bicyclic) bond motifs is 6. The number of ether oxygens (including phenoxy) is 1. The molecule has 426 valence electrons. The van der Waals surface area contributed by atoms with Gasteiger partial charge in [0.25, 0.3) is 0 Å². The van der Waals surface area contributed by atoms with E-state index in [0.29, 0.717) is 0 Å². The van der Waals surface area contributed by atoms with Gasteiger partial charge >= 0.3 is 0 Å². The summed E-state index contributed by atoms with van der Waals surface area (Å²) < 4.78 is 8.62. The lowest BCUT2D eigenvalue weighted by molar-refractivity contribution is 0.304. The summed E-state index contributed by atoms with van der Waals surface area (Å²) in [6.45, 7) is 8.59. The fourth-order valence-electron chi connectivity index (χ4n) is 13.6. The summed E-state index contributed by atoms with van der Waals surface area (Å²) in [5.74, 6) is 0.927. The zero-order valence-corrected chi connectivity index (χ0v) is 49.7. The molecule has 12 aromatic carbocycles. The molecule has 1 heterocycles. The second-order valence-corrected chi connectivity index (χ2v) is 23.4. The van der Waals surface area contributed by atoms with Crippen LogP contribution in [0.15, 0.2) is 304 Å². The summed E-state index contributed by atoms with van der Waals surface area (Å²) in [6.07, 6.45) is 11.6. The largest absolute Gasteiger partial charge is 0.494 e. The molecule has 13 aromatic rings. The van der Waals surface area contributed by atoms with E-state index in [4.69, 9.17) is 4.74 Å². The van der Waals surface area contributed by atoms with Gasteiger partial charge in [-0.25, -0.2) is 0 Å². The zero-order valence-electron chi connectivity index (χ0n) is 49.7. The molecular formula is C85H70N2O. The lowest BCUT2D eigenvalue weighted by Crippen LogP contribution is -2.27. The Bertz CT molecular complexity index is 4560. The van der Waals surface area contributed by atoms with Crippen LogP contribution in [0.4, 0.5) is 17.1 Å². The molecule has 1 aliphatic rings. The maximum Gasteiger partial charge on any atom is 0.119 e. The molecule has 1 aromatic heterocycles. The Hall–Kier alpha value is -10.5. The molecule has 0 bridgehead atoms. The molecule has 0 saturated carbocycles. The van der Waals surface area contributed by atoms with Crippen LogP contribution in [0.1, 0.15) is 72.8 Å². The van der Waals surface area contributed by atoms with Crippen molar-refractivity contribution in [2.45, 2.75) is 50.4 Å². The van der Waals surface area contributed by atoms with Gasteiger partial charge in [0.15, 0.2) is 0 Å². The maximum absolute atomic E-state index is 6.22. The molecule has 0 amide bonds. The maximum atomic E-state index is 6.22. The lowest BCUT2D eigenvalue weighted by atomic mass is 9.69. The number of unbranched alkanes of at least 4 members (excludes halogenated alkanes) is 5. The van der Waals surface area contributed by atoms with Crippen molar-refractivity contribution >= 4 is 51.0 Å². The van der Waals surface area contributed by atoms with Gasteiger partial charge in [-0.2, -0.15) is 0 Å². The average Bonchev–Trinajstić information content (AvgIpc) is 1.59. The molecular weight excluding hydrogens is 1060 g/mol. The zero-order chi connectivity index (χ0) is 59.2. The van der Waals surface area contributed by atoms with Crippen LogP contribution < -0.4 is 9.64 Å². The van der Waals surface area contributed by atoms with Crippen LogP contribution in [0.2, 0.25) is 0 Å². The number of anilines is 3. The van der Waals surface area contributed by atoms with E-state index < -0.39 is 0 Å². The number of rotatable bonds is 21. The molecule has 3 nitrogen and oxygen atoms in total. The minimum atomic E-state index is -0.326. The summed E-state index contributed by atoms with van der Waals surface area (Å²) in [6, 6.07) is 107. The summed E-state index contributed by atoms with van der Waals surface area (Å²) in [5, 5.41) is 2.44. The van der Waals surface area contributed by atoms with E-state index in [9.17, 15) is 0 Å². The number of aromatic nitrogens is 1. The van der Waals surface area contributed by atoms with E-state index in [1.807, 2.05) is 12.2 Å². The Balaban J connectivity index is 0.761. The fraction of sp³-hybridized carbons (Fsp3) is 0.106. The summed E-state index contributed by atoms with van der Waals surface area (Å²) in [7, 11) is 0. The van der Waals surface area contributed by atoms with E-state index in [2.05, 4.69) is 314 Å². The van der Waals surface area contributed by atoms with Crippen molar-refractivity contribution in [2.75, 3.05) is 11.5 Å². The first-order chi connectivity index (χ1) is 43.5. The molecule has 0 aliphatic heterocycles. The molecule has 88 heavy (non-hydrogen) atoms. The van der Waals surface area contributed by atoms with Gasteiger partial charge in [-0.05, 0) is 181 Å². The molecule has 3 heteroatoms. The van der Waals surface area contributed by atoms with Crippen molar-refractivity contribution in [3.63, 3.8) is 0 Å². The van der Waals surface area contributed by atoms with Gasteiger partial charge in [0.2, 0.25) is 0 Å². The average molecular weight is 1140 g/mol. The van der Waals surface area contributed by atoms with E-state index in [0.717, 1.165) is 77.5 Å². The Labute approximate surface area is 518 Å². The van der Waals surface area contributed by atoms with Gasteiger partial charge in [0, 0.05) is 38.9 Å². The molecule has 0 radical (unpaired) electrons. The van der Waals surface area contributed by atoms with Crippen LogP contribution in [-0.2, 0) is 5.41 Å². The monoisotopic (exact) mass is 1130 g/mol. The van der Waals surface area contributed by atoms with Gasteiger partial charge in [-0.15, -0.1) is 0 Å². The molecule has 0 N–H and O–H groups in total. The number of hydrogen-bond donors (Lipinski definition) is 0. The first kappa shape index (κ1) is 55.4. The normalized spacial score (nSPS) is 13.3. The number of hydrogen-bond acceptors (Lipinski definition) is 2. The van der Waals surface area contributed by atoms with Gasteiger partial charge in [0.1, 0.15) is 5.75 Å². The van der Waals surface area contributed by atoms with Crippen LogP contribution in [-0.4, -0.2) is 11.2 Å². The van der Waals surface area contributed by atoms with Crippen LogP contribution in [0.25, 0.3) is 95.3 Å². The minimum absolute atomic E-state index is 0.326. The van der Waals surface area contributed by atoms with Crippen LogP contribution >= 0.6 is 0 Å². The van der Waals surface area contributed by atoms with Gasteiger partial charge in [0.05, 0.1) is 17.6 Å². The van der Waals surface area contributed by atoms with E-state index in [-0.39, 0.29) is 5.41 Å². The number of para-hydroxylation sites is 1. The minimum Gasteiger partial charge on any atom is -0.494 e. The van der Waals surface area contributed by atoms with Crippen LogP contribution in [0.3, 0.4) is 0 Å². The predicted octanol–water partition coefficient (Wildman–Crippen LogP) is 23.3. The van der Waals surface area contributed by atoms with Gasteiger partial charge in [-0.3, -0.25) is 0 Å². The lowest BCUT2D eigenvalue weighted by Gasteiger charge is -2.34. The van der Waals surface area contributed by atoms with Crippen molar-refractivity contribution < 1.29 is 4.74 Å². The Morgan fingerprint density at radius 2 is 0.784 bits per heavy atom. The fourth-order valence-corrected chi connectivity index (χ4v) is 13.6. The SMILES string of the molecule is C=Cc1ccc(-c2ccc(OCCCCCCCCC3(c4ccccc4)c4ccccc4-c4ccc(N(c5ccc(-c6ccccc6)cc5)c5ccc(-c6ccc7c(c6)c6cc(-c8ccc(C=C)cc8)ccc6n7-c6ccccc6)cc5)cc43)cc2)cc1. The van der Waals surface area contributed by atoms with Gasteiger partial charge < -0.3 is 14.2 Å². The standard InChI is InChI=1S/C85H70N2O/c1-3-61-30-34-64(35-31-61)66-42-51-76(52-43-66)88-57-21-8-6-5-7-20-56-85(71-24-14-10-15-25-71)81-29-19-18-28-77(81)78-53-50-75(60-82(78)85)86(73-46-38-65(39-47-73)63-22-12-9-13-23-63)74-48-40-68(41-49-74)70-45-55-84-80(59-70)79-58-69(67-36-32-62(4-2)33-37-67)44-54-83(79)87(84)72-26-16-11-17-27-72/h3-4,9-19,22-55,58-60H,1-2,5-8,20-21,56-57H2. The summed E-state index contributed by atoms with van der Waals surface area (Å²) >= 11 is 0. The Morgan fingerprint density at radius 3 is 1.35 bits per heavy atom. The molecule has 0 spiro atoms. The second-order valence-electron chi connectivity index (χ2n) is 23.4. The molecule has 0 fully saturated rings. The van der Waals surface area contributed by atoms with Crippen molar-refractivity contribution in [3.8, 4) is 67.1 Å². The molecule has 1 unspecified atom stereocenters. The third-order valence-electron chi connectivity index (χ3n) is 18.2. The summed E-state index contributed by atoms with van der Waals surface area (Å²) in [4.78, 5) is 2.46. The van der Waals surface area contributed by atoms with Gasteiger partial charge in [-0.1, -0.05) is 264 Å². The first-order valence-electron chi connectivity index (χ1n) is 31.2. The molecule has 1 atom stereocenters. The van der Waals surface area contributed by atoms with E-state index >= 15 is 0 Å². The Kier molecular flexibility index (Phi) is 15.6. The van der Waals surface area contributed by atoms with E-state index in [1.165, 1.54) is 108 Å². The highest BCUT2D eigenvalue weighted by molar-refractivity contribution is 6.11. The number of benzene rings is 12. The third-order valence-corrected chi connectivity index (χ3v) is 18.2. The predicted molar refractivity (Wildman–Crippen MR) is 373 cm³/mol. The van der Waals surface area contributed by atoms with E-state index in [1.54, 1.807) is 0 Å². The summed E-state index contributed by atoms with van der Waals surface area (Å²) in [5.41, 5.74) is 25.0. The van der Waals surface area contributed by atoms with Crippen LogP contribution in [0.5, 0.6) is 5.75 Å². The first-order valence-corrected chi connectivity index (χ1v) is 31.2. The van der Waals surface area contributed by atoms with Crippen molar-refractivity contribution in [1.29, 1.82) is 0 Å². The Morgan fingerprint density at radius 1 is 0.352 bits per heavy atom. The molecule has 0 saturated heterocycles.